The van der Waals surface area contributed by atoms with Crippen LogP contribution in [-0.2, 0) is 19.1 Å². The third-order valence-corrected chi connectivity index (χ3v) is 8.75. The summed E-state index contributed by atoms with van der Waals surface area (Å²) in [5.74, 6) is -4.29. The molecular weight excluding hydrogens is 564 g/mol. The van der Waals surface area contributed by atoms with Crippen LogP contribution in [0.15, 0.2) is 67.3 Å². The molecule has 2 aromatic rings. The number of anilines is 1. The zero-order chi connectivity index (χ0) is 26.5. The maximum Gasteiger partial charge on any atom is 0.310 e. The fraction of sp³-hybridized carbons (Fsp3) is 0.370. The van der Waals surface area contributed by atoms with E-state index in [1.807, 2.05) is 6.07 Å². The van der Waals surface area contributed by atoms with Crippen molar-refractivity contribution < 1.29 is 29.3 Å². The summed E-state index contributed by atoms with van der Waals surface area (Å²) in [7, 11) is 0. The van der Waals surface area contributed by atoms with Gasteiger partial charge in [-0.15, -0.1) is 6.58 Å². The molecule has 3 fully saturated rings. The zero-order valence-corrected chi connectivity index (χ0v) is 22.1. The Morgan fingerprint density at radius 2 is 1.92 bits per heavy atom. The molecule has 2 aromatic carbocycles. The average molecular weight is 590 g/mol. The Kier molecular flexibility index (Phi) is 6.91. The summed E-state index contributed by atoms with van der Waals surface area (Å²) in [4.78, 5) is 43.4. The molecule has 3 aliphatic heterocycles. The average Bonchev–Trinajstić information content (AvgIpc) is 3.48. The molecular formula is C27H26BrClN2O6. The number of carbonyl (C=O) groups excluding carboxylic acids is 2. The monoisotopic (exact) mass is 588 g/mol. The minimum Gasteiger partial charge on any atom is -0.481 e. The molecule has 2 bridgehead atoms. The largest absolute Gasteiger partial charge is 0.481 e. The number of halogens is 2. The number of likely N-dealkylation sites (tertiary alicyclic amines) is 1. The standard InChI is InChI=1S/C27H26BrClN2O6/c1-2-12-30(17-10-8-16(29)9-11-17)25(34)23-27-13-18(28)22(37-27)20(26(35)36)21(27)24(33)31(23)19(14-32)15-6-4-3-5-7-15/h2-11,18-23,32H,1,12-14H2,(H,35,36)/t18?,19-,20+,21-,22+,23+,27-/m1/s1. The topological polar surface area (TPSA) is 107 Å². The van der Waals surface area contributed by atoms with Gasteiger partial charge in [0.25, 0.3) is 5.91 Å². The van der Waals surface area contributed by atoms with Crippen LogP contribution in [-0.4, -0.2) is 68.6 Å². The van der Waals surface area contributed by atoms with Crippen LogP contribution in [0.2, 0.25) is 5.02 Å². The number of carboxylic acid groups (broad SMARTS) is 1. The van der Waals surface area contributed by atoms with E-state index < -0.39 is 60.0 Å². The van der Waals surface area contributed by atoms with Crippen LogP contribution in [0.1, 0.15) is 18.0 Å². The highest BCUT2D eigenvalue weighted by Gasteiger charge is 2.77. The number of nitrogens with zero attached hydrogens (tertiary/aromatic N) is 2. The smallest absolute Gasteiger partial charge is 0.310 e. The molecule has 1 unspecified atom stereocenters. The molecule has 2 N–H and O–H groups in total. The number of aliphatic hydroxyl groups is 1. The van der Waals surface area contributed by atoms with Crippen LogP contribution in [0.3, 0.4) is 0 Å². The normalized spacial score (nSPS) is 30.7. The van der Waals surface area contributed by atoms with Crippen LogP contribution in [0.4, 0.5) is 5.69 Å². The van der Waals surface area contributed by atoms with Crippen molar-refractivity contribution in [2.24, 2.45) is 11.8 Å². The Hall–Kier alpha value is -2.72. The molecule has 10 heteroatoms. The first kappa shape index (κ1) is 25.9. The number of carboxylic acids is 1. The van der Waals surface area contributed by atoms with Crippen LogP contribution in [0.25, 0.3) is 0 Å². The van der Waals surface area contributed by atoms with Gasteiger partial charge in [-0.25, -0.2) is 0 Å². The van der Waals surface area contributed by atoms with Gasteiger partial charge in [-0.05, 0) is 36.2 Å². The number of carbonyl (C=O) groups is 3. The number of benzene rings is 2. The van der Waals surface area contributed by atoms with E-state index in [0.29, 0.717) is 16.3 Å². The highest BCUT2D eigenvalue weighted by atomic mass is 79.9. The molecule has 194 valence electrons. The lowest BCUT2D eigenvalue weighted by atomic mass is 9.70. The Balaban J connectivity index is 1.67. The summed E-state index contributed by atoms with van der Waals surface area (Å²) in [5.41, 5.74) is -0.199. The van der Waals surface area contributed by atoms with Crippen molar-refractivity contribution in [2.45, 2.75) is 35.0 Å². The summed E-state index contributed by atoms with van der Waals surface area (Å²) >= 11 is 9.62. The third kappa shape index (κ3) is 4.00. The minimum absolute atomic E-state index is 0.137. The highest BCUT2D eigenvalue weighted by molar-refractivity contribution is 9.09. The Labute approximate surface area is 227 Å². The molecule has 0 aromatic heterocycles. The van der Waals surface area contributed by atoms with Crippen molar-refractivity contribution >= 4 is 51.0 Å². The van der Waals surface area contributed by atoms with Gasteiger partial charge in [0.05, 0.1) is 30.6 Å². The van der Waals surface area contributed by atoms with Gasteiger partial charge >= 0.3 is 5.97 Å². The van der Waals surface area contributed by atoms with E-state index in [2.05, 4.69) is 22.5 Å². The van der Waals surface area contributed by atoms with Gasteiger partial charge in [-0.1, -0.05) is 63.9 Å². The highest BCUT2D eigenvalue weighted by Crippen LogP contribution is 2.61. The van der Waals surface area contributed by atoms with E-state index in [9.17, 15) is 24.6 Å². The summed E-state index contributed by atoms with van der Waals surface area (Å²) in [6.07, 6.45) is 1.10. The molecule has 2 amide bonds. The fourth-order valence-electron chi connectivity index (χ4n) is 6.21. The number of alkyl halides is 1. The quantitative estimate of drug-likeness (QED) is 0.361. The van der Waals surface area contributed by atoms with Crippen molar-refractivity contribution in [3.8, 4) is 0 Å². The van der Waals surface area contributed by atoms with Crippen molar-refractivity contribution in [2.75, 3.05) is 18.1 Å². The summed E-state index contributed by atoms with van der Waals surface area (Å²) in [6, 6.07) is 13.6. The summed E-state index contributed by atoms with van der Waals surface area (Å²) in [6.45, 7) is 3.47. The molecule has 8 nitrogen and oxygen atoms in total. The second-order valence-electron chi connectivity index (χ2n) is 9.57. The van der Waals surface area contributed by atoms with Crippen LogP contribution >= 0.6 is 27.5 Å². The second kappa shape index (κ2) is 9.87. The molecule has 1 spiro atoms. The maximum atomic E-state index is 14.5. The van der Waals surface area contributed by atoms with E-state index in [1.54, 1.807) is 54.6 Å². The van der Waals surface area contributed by atoms with Crippen molar-refractivity contribution in [1.82, 2.24) is 4.90 Å². The van der Waals surface area contributed by atoms with E-state index >= 15 is 0 Å². The second-order valence-corrected chi connectivity index (χ2v) is 11.2. The first-order valence-electron chi connectivity index (χ1n) is 12.0. The van der Waals surface area contributed by atoms with Gasteiger partial charge in [0, 0.05) is 22.1 Å². The van der Waals surface area contributed by atoms with E-state index in [4.69, 9.17) is 16.3 Å². The molecule has 0 radical (unpaired) electrons. The zero-order valence-electron chi connectivity index (χ0n) is 19.7. The van der Waals surface area contributed by atoms with Gasteiger partial charge in [0.15, 0.2) is 0 Å². The van der Waals surface area contributed by atoms with Gasteiger partial charge in [-0.2, -0.15) is 0 Å². The van der Waals surface area contributed by atoms with Gasteiger partial charge in [-0.3, -0.25) is 14.4 Å². The molecule has 3 heterocycles. The van der Waals surface area contributed by atoms with Crippen LogP contribution < -0.4 is 4.90 Å². The maximum absolute atomic E-state index is 14.5. The number of rotatable bonds is 8. The molecule has 3 saturated heterocycles. The molecule has 37 heavy (non-hydrogen) atoms. The third-order valence-electron chi connectivity index (χ3n) is 7.66. The van der Waals surface area contributed by atoms with Crippen LogP contribution in [0.5, 0.6) is 0 Å². The number of fused-ring (bicyclic) bond motifs is 1. The van der Waals surface area contributed by atoms with Crippen molar-refractivity contribution in [3.63, 3.8) is 0 Å². The Morgan fingerprint density at radius 1 is 1.24 bits per heavy atom. The number of hydrogen-bond donors (Lipinski definition) is 2. The number of aliphatic hydroxyl groups excluding tert-OH is 1. The lowest BCUT2D eigenvalue weighted by Gasteiger charge is -2.39. The Morgan fingerprint density at radius 3 is 2.51 bits per heavy atom. The summed E-state index contributed by atoms with van der Waals surface area (Å²) in [5, 5.41) is 21.1. The minimum atomic E-state index is -1.37. The Bertz CT molecular complexity index is 1230. The lowest BCUT2D eigenvalue weighted by molar-refractivity contribution is -0.151. The predicted molar refractivity (Wildman–Crippen MR) is 140 cm³/mol. The number of aliphatic carboxylic acids is 1. The summed E-state index contributed by atoms with van der Waals surface area (Å²) < 4.78 is 6.35. The molecule has 3 aliphatic rings. The van der Waals surface area contributed by atoms with Crippen molar-refractivity contribution in [3.05, 3.63) is 77.8 Å². The van der Waals surface area contributed by atoms with Gasteiger partial charge in [0.2, 0.25) is 5.91 Å². The number of hydrogen-bond acceptors (Lipinski definition) is 5. The first-order chi connectivity index (χ1) is 17.7. The van der Waals surface area contributed by atoms with Gasteiger partial charge in [0.1, 0.15) is 11.6 Å². The number of amides is 2. The first-order valence-corrected chi connectivity index (χ1v) is 13.2. The van der Waals surface area contributed by atoms with E-state index in [-0.39, 0.29) is 17.8 Å². The van der Waals surface area contributed by atoms with E-state index in [0.717, 1.165) is 0 Å². The molecule has 0 saturated carbocycles. The fourth-order valence-corrected chi connectivity index (χ4v) is 7.28. The predicted octanol–water partition coefficient (Wildman–Crippen LogP) is 3.43. The number of ether oxygens (including phenoxy) is 1. The van der Waals surface area contributed by atoms with E-state index in [1.165, 1.54) is 9.80 Å². The molecule has 7 atom stereocenters. The van der Waals surface area contributed by atoms with Gasteiger partial charge < -0.3 is 24.7 Å². The lowest BCUT2D eigenvalue weighted by Crippen LogP contribution is -2.57. The molecule has 0 aliphatic carbocycles. The van der Waals surface area contributed by atoms with Crippen LogP contribution in [0, 0.1) is 11.8 Å². The SMILES string of the molecule is C=CCN(C(=O)[C@@H]1N([C@H](CO)c2ccccc2)C(=O)[C@H]2[C@H](C(=O)O)[C@H]3O[C@@]12CC3Br)c1ccc(Cl)cc1. The van der Waals surface area contributed by atoms with Crippen molar-refractivity contribution in [1.29, 1.82) is 0 Å². The molecule has 5 rings (SSSR count).